The van der Waals surface area contributed by atoms with Gasteiger partial charge in [0.1, 0.15) is 18.2 Å². The van der Waals surface area contributed by atoms with Crippen molar-refractivity contribution in [3.8, 4) is 11.8 Å². The molecule has 0 radical (unpaired) electrons. The van der Waals surface area contributed by atoms with Crippen LogP contribution < -0.4 is 4.74 Å². The molecular formula is C28H22FN3O4. The van der Waals surface area contributed by atoms with Crippen LogP contribution in [0.1, 0.15) is 51.9 Å². The van der Waals surface area contributed by atoms with E-state index in [-0.39, 0.29) is 24.0 Å². The Morgan fingerprint density at radius 2 is 1.97 bits per heavy atom. The van der Waals surface area contributed by atoms with Gasteiger partial charge in [-0.15, -0.1) is 0 Å². The van der Waals surface area contributed by atoms with Crippen molar-refractivity contribution in [1.29, 1.82) is 5.26 Å². The Morgan fingerprint density at radius 1 is 1.17 bits per heavy atom. The number of likely N-dealkylation sites (tertiary alicyclic amines) is 1. The van der Waals surface area contributed by atoms with Crippen LogP contribution in [-0.4, -0.2) is 34.8 Å². The molecular weight excluding hydrogens is 461 g/mol. The van der Waals surface area contributed by atoms with Crippen LogP contribution in [-0.2, 0) is 27.2 Å². The lowest BCUT2D eigenvalue weighted by Gasteiger charge is -2.27. The summed E-state index contributed by atoms with van der Waals surface area (Å²) in [5, 5.41) is 8.87. The Labute approximate surface area is 207 Å². The molecule has 3 aliphatic rings. The summed E-state index contributed by atoms with van der Waals surface area (Å²) in [5.74, 6) is -0.256. The average Bonchev–Trinajstić information content (AvgIpc) is 3.53. The van der Waals surface area contributed by atoms with Crippen molar-refractivity contribution in [2.45, 2.75) is 36.9 Å². The van der Waals surface area contributed by atoms with Gasteiger partial charge in [-0.05, 0) is 48.7 Å². The van der Waals surface area contributed by atoms with Gasteiger partial charge >= 0.3 is 5.97 Å². The maximum Gasteiger partial charge on any atom is 0.341 e. The summed E-state index contributed by atoms with van der Waals surface area (Å²) in [6, 6.07) is 15.4. The molecule has 2 fully saturated rings. The van der Waals surface area contributed by atoms with Crippen molar-refractivity contribution in [2.24, 2.45) is 0 Å². The fourth-order valence-corrected chi connectivity index (χ4v) is 5.32. The number of halogens is 1. The number of nitriles is 1. The summed E-state index contributed by atoms with van der Waals surface area (Å²) in [5.41, 5.74) is 1.45. The van der Waals surface area contributed by atoms with Gasteiger partial charge in [-0.1, -0.05) is 18.2 Å². The molecule has 1 atom stereocenters. The highest BCUT2D eigenvalue weighted by atomic mass is 19.1. The molecule has 3 aromatic rings. The van der Waals surface area contributed by atoms with Gasteiger partial charge in [-0.3, -0.25) is 9.78 Å². The Balaban J connectivity index is 1.14. The average molecular weight is 483 g/mol. The van der Waals surface area contributed by atoms with Crippen molar-refractivity contribution in [1.82, 2.24) is 9.88 Å². The summed E-state index contributed by atoms with van der Waals surface area (Å²) in [6.07, 6.45) is 5.25. The molecule has 36 heavy (non-hydrogen) atoms. The predicted octanol–water partition coefficient (Wildman–Crippen LogP) is 4.00. The van der Waals surface area contributed by atoms with Crippen molar-refractivity contribution >= 4 is 11.9 Å². The highest BCUT2D eigenvalue weighted by Gasteiger charge is 2.57. The number of carbonyl (C=O) groups excluding carboxylic acids is 2. The van der Waals surface area contributed by atoms with Crippen LogP contribution in [0, 0.1) is 17.1 Å². The molecule has 6 rings (SSSR count). The van der Waals surface area contributed by atoms with Crippen LogP contribution >= 0.6 is 0 Å². The molecule has 1 saturated heterocycles. The number of esters is 1. The third-order valence-electron chi connectivity index (χ3n) is 7.48. The molecule has 180 valence electrons. The Hall–Kier alpha value is -4.25. The van der Waals surface area contributed by atoms with Crippen molar-refractivity contribution in [3.63, 3.8) is 0 Å². The maximum absolute atomic E-state index is 14.1. The van der Waals surface area contributed by atoms with Gasteiger partial charge < -0.3 is 14.4 Å². The molecule has 8 heteroatoms. The number of rotatable bonds is 5. The lowest BCUT2D eigenvalue weighted by molar-refractivity contribution is -0.134. The number of benzene rings is 2. The number of hydrogen-bond donors (Lipinski definition) is 0. The van der Waals surface area contributed by atoms with E-state index >= 15 is 0 Å². The van der Waals surface area contributed by atoms with E-state index in [1.54, 1.807) is 30.5 Å². The number of amides is 1. The zero-order valence-electron chi connectivity index (χ0n) is 19.4. The van der Waals surface area contributed by atoms with Crippen molar-refractivity contribution < 1.29 is 23.5 Å². The van der Waals surface area contributed by atoms with E-state index in [1.165, 1.54) is 12.3 Å². The lowest BCUT2D eigenvalue weighted by atomic mass is 9.92. The second kappa shape index (κ2) is 8.16. The number of hydrogen-bond acceptors (Lipinski definition) is 6. The maximum atomic E-state index is 14.1. The zero-order chi connectivity index (χ0) is 24.9. The first-order valence-electron chi connectivity index (χ1n) is 11.8. The minimum Gasteiger partial charge on any atom is -0.489 e. The highest BCUT2D eigenvalue weighted by molar-refractivity contribution is 5.95. The number of ether oxygens (including phenoxy) is 2. The Kier molecular flexibility index (Phi) is 5.04. The van der Waals surface area contributed by atoms with E-state index in [2.05, 4.69) is 4.98 Å². The van der Waals surface area contributed by atoms with Gasteiger partial charge in [-0.25, -0.2) is 9.18 Å². The minimum absolute atomic E-state index is 0.0343. The van der Waals surface area contributed by atoms with E-state index in [1.807, 2.05) is 29.2 Å². The summed E-state index contributed by atoms with van der Waals surface area (Å²) in [4.78, 5) is 31.8. The number of carbonyl (C=O) groups is 2. The van der Waals surface area contributed by atoms with Crippen LogP contribution in [0.3, 0.4) is 0 Å². The van der Waals surface area contributed by atoms with Crippen LogP contribution in [0.2, 0.25) is 0 Å². The van der Waals surface area contributed by atoms with Gasteiger partial charge in [0.2, 0.25) is 5.91 Å². The molecule has 1 unspecified atom stereocenters. The van der Waals surface area contributed by atoms with Gasteiger partial charge in [-0.2, -0.15) is 5.26 Å². The third kappa shape index (κ3) is 3.51. The largest absolute Gasteiger partial charge is 0.489 e. The number of nitrogens with zero attached hydrogens (tertiary/aromatic N) is 3. The third-order valence-corrected chi connectivity index (χ3v) is 7.48. The van der Waals surface area contributed by atoms with E-state index in [0.29, 0.717) is 36.4 Å². The molecule has 1 saturated carbocycles. The monoisotopic (exact) mass is 483 g/mol. The fourth-order valence-electron chi connectivity index (χ4n) is 5.32. The molecule has 1 spiro atoms. The molecule has 1 aromatic heterocycles. The molecule has 1 amide bonds. The minimum atomic E-state index is -0.792. The fraction of sp³-hybridized carbons (Fsp3) is 0.286. The molecule has 2 aromatic carbocycles. The van der Waals surface area contributed by atoms with E-state index in [4.69, 9.17) is 14.7 Å². The first-order valence-corrected chi connectivity index (χ1v) is 11.8. The first kappa shape index (κ1) is 22.2. The summed E-state index contributed by atoms with van der Waals surface area (Å²) in [6.45, 7) is 0.896. The second-order valence-corrected chi connectivity index (χ2v) is 9.59. The SMILES string of the molecule is N#Cc1ccc(COc2ccc(C3(C(=O)N4CCC5(C4)OC(=O)c4cnccc45)CC3)cc2)c(F)c1. The Bertz CT molecular complexity index is 1430. The smallest absolute Gasteiger partial charge is 0.341 e. The van der Waals surface area contributed by atoms with Crippen LogP contribution in [0.15, 0.2) is 60.9 Å². The quantitative estimate of drug-likeness (QED) is 0.510. The van der Waals surface area contributed by atoms with Crippen molar-refractivity contribution in [2.75, 3.05) is 13.1 Å². The normalized spacial score (nSPS) is 21.1. The lowest BCUT2D eigenvalue weighted by Crippen LogP contribution is -2.40. The summed E-state index contributed by atoms with van der Waals surface area (Å²) >= 11 is 0. The van der Waals surface area contributed by atoms with Crippen LogP contribution in [0.25, 0.3) is 0 Å². The second-order valence-electron chi connectivity index (χ2n) is 9.59. The highest BCUT2D eigenvalue weighted by Crippen LogP contribution is 2.52. The topological polar surface area (TPSA) is 92.5 Å². The summed E-state index contributed by atoms with van der Waals surface area (Å²) in [7, 11) is 0. The molecule has 0 N–H and O–H groups in total. The Morgan fingerprint density at radius 3 is 2.69 bits per heavy atom. The molecule has 2 aliphatic heterocycles. The van der Waals surface area contributed by atoms with Crippen LogP contribution in [0.5, 0.6) is 5.75 Å². The van der Waals surface area contributed by atoms with Gasteiger partial charge in [0, 0.05) is 36.5 Å². The zero-order valence-corrected chi connectivity index (χ0v) is 19.4. The van der Waals surface area contributed by atoms with E-state index in [0.717, 1.165) is 24.0 Å². The van der Waals surface area contributed by atoms with Gasteiger partial charge in [0.15, 0.2) is 5.60 Å². The number of fused-ring (bicyclic) bond motifs is 2. The standard InChI is InChI=1S/C28H22FN3O4/c29-24-13-18(14-30)1-2-19(24)16-35-21-5-3-20(4-6-21)27(8-9-27)26(34)32-12-10-28(17-32)23-7-11-31-15-22(23)25(33)36-28/h1-7,11,13,15H,8-10,12,16-17H2. The first-order chi connectivity index (χ1) is 17.4. The molecule has 1 aliphatic carbocycles. The van der Waals surface area contributed by atoms with Crippen LogP contribution in [0.4, 0.5) is 4.39 Å². The van der Waals surface area contributed by atoms with Gasteiger partial charge in [0.25, 0.3) is 0 Å². The predicted molar refractivity (Wildman–Crippen MR) is 125 cm³/mol. The summed E-state index contributed by atoms with van der Waals surface area (Å²) < 4.78 is 25.6. The molecule has 7 nitrogen and oxygen atoms in total. The molecule has 3 heterocycles. The van der Waals surface area contributed by atoms with Gasteiger partial charge in [0.05, 0.1) is 29.2 Å². The number of aromatic nitrogens is 1. The van der Waals surface area contributed by atoms with Crippen molar-refractivity contribution in [3.05, 3.63) is 94.6 Å². The molecule has 0 bridgehead atoms. The number of pyridine rings is 1. The van der Waals surface area contributed by atoms with E-state index in [9.17, 15) is 14.0 Å². The van der Waals surface area contributed by atoms with E-state index < -0.39 is 16.8 Å².